The minimum absolute atomic E-state index is 0.0677. The number of hydrogen-bond acceptors (Lipinski definition) is 5. The van der Waals surface area contributed by atoms with Gasteiger partial charge in [0.1, 0.15) is 6.61 Å². The lowest BCUT2D eigenvalue weighted by atomic mass is 10.0. The van der Waals surface area contributed by atoms with Crippen molar-refractivity contribution in [1.82, 2.24) is 0 Å². The van der Waals surface area contributed by atoms with Crippen LogP contribution in [0.5, 0.6) is 0 Å². The number of allylic oxidation sites excluding steroid dienone is 4. The molecule has 0 spiro atoms. The molecule has 1 unspecified atom stereocenters. The Kier molecular flexibility index (Phi) is 32.6. The van der Waals surface area contributed by atoms with Crippen molar-refractivity contribution in [2.45, 2.75) is 187 Å². The molecule has 0 rings (SSSR count). The summed E-state index contributed by atoms with van der Waals surface area (Å²) in [5.74, 6) is -0.603. The van der Waals surface area contributed by atoms with Crippen LogP contribution < -0.4 is 0 Å². The molecule has 0 bridgehead atoms. The van der Waals surface area contributed by atoms with Gasteiger partial charge in [-0.15, -0.1) is 0 Å². The molecule has 0 aromatic carbocycles. The summed E-state index contributed by atoms with van der Waals surface area (Å²) in [6, 6.07) is 0. The number of carbonyl (C=O) groups excluding carboxylic acids is 2. The van der Waals surface area contributed by atoms with E-state index in [1.54, 1.807) is 0 Å². The summed E-state index contributed by atoms with van der Waals surface area (Å²) in [6.07, 6.45) is 38.0. The number of carbonyl (C=O) groups is 2. The first-order valence-corrected chi connectivity index (χ1v) is 17.9. The van der Waals surface area contributed by atoms with Crippen molar-refractivity contribution < 1.29 is 24.2 Å². The summed E-state index contributed by atoms with van der Waals surface area (Å²) in [5, 5.41) is 9.51. The summed E-state index contributed by atoms with van der Waals surface area (Å²) >= 11 is 0. The standard InChI is InChI=1S/C37H68O5/c1-3-5-7-9-11-13-15-17-19-21-23-25-27-29-31-36(39)41-34-35(33-38)42-37(40)32-30-28-26-24-22-20-18-16-14-12-10-8-6-4-2/h10,12,16,18,35,38H,3-9,11,13-15,17,19-34H2,1-2H3/b12-10-,18-16-. The maximum Gasteiger partial charge on any atom is 0.306 e. The average molecular weight is 593 g/mol. The van der Waals surface area contributed by atoms with Crippen molar-refractivity contribution in [3.8, 4) is 0 Å². The summed E-state index contributed by atoms with van der Waals surface area (Å²) in [4.78, 5) is 24.1. The van der Waals surface area contributed by atoms with E-state index in [1.165, 1.54) is 103 Å². The lowest BCUT2D eigenvalue weighted by molar-refractivity contribution is -0.161. The van der Waals surface area contributed by atoms with Crippen LogP contribution in [0.1, 0.15) is 181 Å². The summed E-state index contributed by atoms with van der Waals surface area (Å²) in [6.45, 7) is 4.08. The largest absolute Gasteiger partial charge is 0.462 e. The third-order valence-electron chi connectivity index (χ3n) is 7.75. The van der Waals surface area contributed by atoms with Gasteiger partial charge in [0.2, 0.25) is 0 Å². The summed E-state index contributed by atoms with van der Waals surface area (Å²) < 4.78 is 10.6. The highest BCUT2D eigenvalue weighted by molar-refractivity contribution is 5.70. The molecular formula is C37H68O5. The second-order valence-electron chi connectivity index (χ2n) is 12.0. The average Bonchev–Trinajstić information content (AvgIpc) is 2.99. The molecule has 5 nitrogen and oxygen atoms in total. The van der Waals surface area contributed by atoms with Crippen LogP contribution in [0.15, 0.2) is 24.3 Å². The minimum atomic E-state index is -0.772. The van der Waals surface area contributed by atoms with E-state index in [-0.39, 0.29) is 25.2 Å². The van der Waals surface area contributed by atoms with Gasteiger partial charge >= 0.3 is 11.9 Å². The molecule has 0 saturated carbocycles. The van der Waals surface area contributed by atoms with Crippen LogP contribution in [0, 0.1) is 0 Å². The molecule has 0 fully saturated rings. The van der Waals surface area contributed by atoms with Gasteiger partial charge in [0.15, 0.2) is 6.10 Å². The molecule has 0 saturated heterocycles. The Morgan fingerprint density at radius 1 is 0.548 bits per heavy atom. The SMILES string of the molecule is CCCC/C=C\C/C=C\CCCCCCCC(=O)OC(CO)COC(=O)CCCCCCCCCCCCCCCC. The van der Waals surface area contributed by atoms with Crippen LogP contribution in [-0.2, 0) is 19.1 Å². The highest BCUT2D eigenvalue weighted by Crippen LogP contribution is 2.14. The quantitative estimate of drug-likeness (QED) is 0.0478. The number of aliphatic hydroxyl groups excluding tert-OH is 1. The zero-order chi connectivity index (χ0) is 30.8. The van der Waals surface area contributed by atoms with Gasteiger partial charge in [-0.2, -0.15) is 0 Å². The monoisotopic (exact) mass is 593 g/mol. The Morgan fingerprint density at radius 3 is 1.48 bits per heavy atom. The van der Waals surface area contributed by atoms with Gasteiger partial charge in [-0.3, -0.25) is 9.59 Å². The summed E-state index contributed by atoms with van der Waals surface area (Å²) in [7, 11) is 0. The third-order valence-corrected chi connectivity index (χ3v) is 7.75. The van der Waals surface area contributed by atoms with Gasteiger partial charge < -0.3 is 14.6 Å². The van der Waals surface area contributed by atoms with Crippen LogP contribution in [0.3, 0.4) is 0 Å². The van der Waals surface area contributed by atoms with Crippen molar-refractivity contribution in [2.24, 2.45) is 0 Å². The zero-order valence-corrected chi connectivity index (χ0v) is 27.8. The van der Waals surface area contributed by atoms with Crippen LogP contribution >= 0.6 is 0 Å². The predicted molar refractivity (Wildman–Crippen MR) is 178 cm³/mol. The van der Waals surface area contributed by atoms with E-state index in [0.717, 1.165) is 51.4 Å². The van der Waals surface area contributed by atoms with Crippen molar-refractivity contribution in [3.05, 3.63) is 24.3 Å². The Bertz CT molecular complexity index is 642. The molecule has 42 heavy (non-hydrogen) atoms. The Labute approximate surface area is 260 Å². The van der Waals surface area contributed by atoms with Crippen LogP contribution in [-0.4, -0.2) is 36.4 Å². The maximum atomic E-state index is 12.1. The molecule has 0 aromatic heterocycles. The first-order valence-electron chi connectivity index (χ1n) is 17.9. The third kappa shape index (κ3) is 31.3. The predicted octanol–water partition coefficient (Wildman–Crippen LogP) is 10.7. The number of aliphatic hydroxyl groups is 1. The first kappa shape index (κ1) is 40.4. The minimum Gasteiger partial charge on any atom is -0.462 e. The molecule has 0 aliphatic heterocycles. The normalized spacial score (nSPS) is 12.4. The lowest BCUT2D eigenvalue weighted by Gasteiger charge is -2.15. The fourth-order valence-corrected chi connectivity index (χ4v) is 4.98. The topological polar surface area (TPSA) is 72.8 Å². The van der Waals surface area contributed by atoms with Gasteiger partial charge in [-0.1, -0.05) is 154 Å². The van der Waals surface area contributed by atoms with Crippen LogP contribution in [0.4, 0.5) is 0 Å². The molecular weight excluding hydrogens is 524 g/mol. The smallest absolute Gasteiger partial charge is 0.306 e. The maximum absolute atomic E-state index is 12.1. The van der Waals surface area contributed by atoms with E-state index in [2.05, 4.69) is 38.2 Å². The van der Waals surface area contributed by atoms with Crippen molar-refractivity contribution in [1.29, 1.82) is 0 Å². The molecule has 0 radical (unpaired) electrons. The molecule has 0 heterocycles. The van der Waals surface area contributed by atoms with E-state index in [1.807, 2.05) is 0 Å². The molecule has 246 valence electrons. The highest BCUT2D eigenvalue weighted by atomic mass is 16.6. The van der Waals surface area contributed by atoms with Crippen molar-refractivity contribution >= 4 is 11.9 Å². The molecule has 5 heteroatoms. The Morgan fingerprint density at radius 2 is 0.976 bits per heavy atom. The number of rotatable bonds is 32. The lowest BCUT2D eigenvalue weighted by Crippen LogP contribution is -2.28. The van der Waals surface area contributed by atoms with E-state index < -0.39 is 6.10 Å². The number of unbranched alkanes of at least 4 members (excludes halogenated alkanes) is 20. The Balaban J connectivity index is 3.58. The van der Waals surface area contributed by atoms with E-state index in [0.29, 0.717) is 12.8 Å². The van der Waals surface area contributed by atoms with Crippen LogP contribution in [0.2, 0.25) is 0 Å². The van der Waals surface area contributed by atoms with E-state index in [4.69, 9.17) is 9.47 Å². The molecule has 0 aromatic rings. The number of ether oxygens (including phenoxy) is 2. The number of hydrogen-bond donors (Lipinski definition) is 1. The van der Waals surface area contributed by atoms with Crippen LogP contribution in [0.25, 0.3) is 0 Å². The molecule has 0 amide bonds. The molecule has 1 N–H and O–H groups in total. The van der Waals surface area contributed by atoms with Crippen molar-refractivity contribution in [3.63, 3.8) is 0 Å². The second kappa shape index (κ2) is 33.9. The van der Waals surface area contributed by atoms with Gasteiger partial charge in [0.05, 0.1) is 6.61 Å². The molecule has 1 atom stereocenters. The van der Waals surface area contributed by atoms with Gasteiger partial charge in [0, 0.05) is 12.8 Å². The zero-order valence-electron chi connectivity index (χ0n) is 27.8. The Hall–Kier alpha value is -1.62. The first-order chi connectivity index (χ1) is 20.6. The van der Waals surface area contributed by atoms with Gasteiger partial charge in [-0.05, 0) is 38.5 Å². The fourth-order valence-electron chi connectivity index (χ4n) is 4.98. The van der Waals surface area contributed by atoms with Gasteiger partial charge in [0.25, 0.3) is 0 Å². The van der Waals surface area contributed by atoms with Gasteiger partial charge in [-0.25, -0.2) is 0 Å². The van der Waals surface area contributed by atoms with E-state index >= 15 is 0 Å². The fraction of sp³-hybridized carbons (Fsp3) is 0.838. The molecule has 0 aliphatic carbocycles. The summed E-state index contributed by atoms with van der Waals surface area (Å²) in [5.41, 5.74) is 0. The highest BCUT2D eigenvalue weighted by Gasteiger charge is 2.16. The van der Waals surface area contributed by atoms with E-state index in [9.17, 15) is 14.7 Å². The number of esters is 2. The van der Waals surface area contributed by atoms with Crippen molar-refractivity contribution in [2.75, 3.05) is 13.2 Å². The molecule has 0 aliphatic rings. The second-order valence-corrected chi connectivity index (χ2v) is 12.0.